The molecule has 30 heavy (non-hydrogen) atoms. The van der Waals surface area contributed by atoms with Crippen molar-refractivity contribution in [1.82, 2.24) is 25.1 Å². The van der Waals surface area contributed by atoms with Gasteiger partial charge in [-0.25, -0.2) is 14.6 Å². The molecule has 8 nitrogen and oxygen atoms in total. The quantitative estimate of drug-likeness (QED) is 0.467. The number of nitrogens with one attached hydrogen (secondary N) is 1. The van der Waals surface area contributed by atoms with E-state index >= 15 is 0 Å². The van der Waals surface area contributed by atoms with Gasteiger partial charge in [0.05, 0.1) is 10.9 Å². The number of benzene rings is 1. The van der Waals surface area contributed by atoms with Crippen LogP contribution in [0.2, 0.25) is 0 Å². The predicted octanol–water partition coefficient (Wildman–Crippen LogP) is 2.75. The van der Waals surface area contributed by atoms with Gasteiger partial charge in [-0.15, -0.1) is 0 Å². The van der Waals surface area contributed by atoms with Crippen molar-refractivity contribution in [2.45, 2.75) is 52.0 Å². The summed E-state index contributed by atoms with van der Waals surface area (Å²) in [6.45, 7) is 7.17. The number of nitrogens with two attached hydrogens (primary N) is 2. The Labute approximate surface area is 177 Å². The van der Waals surface area contributed by atoms with Gasteiger partial charge in [-0.1, -0.05) is 36.2 Å². The van der Waals surface area contributed by atoms with Crippen molar-refractivity contribution < 1.29 is 4.79 Å². The second kappa shape index (κ2) is 9.21. The minimum atomic E-state index is -0.505. The number of hydrogen-bond acceptors (Lipinski definition) is 6. The van der Waals surface area contributed by atoms with Crippen LogP contribution in [-0.2, 0) is 10.3 Å². The number of carbonyl (C=O) groups excluding carboxylic acids is 1. The zero-order valence-electron chi connectivity index (χ0n) is 18.0. The Kier molecular flexibility index (Phi) is 6.66. The highest BCUT2D eigenvalue weighted by Crippen LogP contribution is 2.32. The number of rotatable bonds is 9. The highest BCUT2D eigenvalue weighted by atomic mass is 16.1. The lowest BCUT2D eigenvalue weighted by molar-refractivity contribution is -0.121. The van der Waals surface area contributed by atoms with E-state index in [1.807, 2.05) is 49.7 Å². The first kappa shape index (κ1) is 21.7. The molecule has 0 atom stereocenters. The molecule has 0 saturated heterocycles. The summed E-state index contributed by atoms with van der Waals surface area (Å²) in [5, 5.41) is 8.61. The molecule has 2 heterocycles. The maximum atomic E-state index is 12.2. The molecule has 160 valence electrons. The topological polar surface area (TPSA) is 125 Å². The lowest BCUT2D eigenvalue weighted by Crippen LogP contribution is -2.41. The minimum absolute atomic E-state index is 0.0319. The molecule has 0 aliphatic carbocycles. The lowest BCUT2D eigenvalue weighted by atomic mass is 10.1. The van der Waals surface area contributed by atoms with Crippen LogP contribution in [0.5, 0.6) is 0 Å². The van der Waals surface area contributed by atoms with E-state index in [4.69, 9.17) is 16.6 Å². The standard InChI is InChI=1S/C22H31N7O/c1-15-8-10-16(11-9-15)19-18-20(24)26-14-27-21(18)29(28-19)22(2,3)13-25-17(30)7-5-4-6-12-23/h8-11,14H,4-7,12-13,23H2,1-3H3,(H,25,30)(H2,24,26,27). The molecule has 0 spiro atoms. The summed E-state index contributed by atoms with van der Waals surface area (Å²) in [5.41, 5.74) is 14.7. The fraction of sp³-hybridized carbons (Fsp3) is 0.455. The average Bonchev–Trinajstić information content (AvgIpc) is 3.12. The summed E-state index contributed by atoms with van der Waals surface area (Å²) >= 11 is 0. The summed E-state index contributed by atoms with van der Waals surface area (Å²) in [5.74, 6) is 0.422. The Bertz CT molecular complexity index is 1010. The third-order valence-corrected chi connectivity index (χ3v) is 5.22. The minimum Gasteiger partial charge on any atom is -0.383 e. The fourth-order valence-electron chi connectivity index (χ4n) is 3.39. The van der Waals surface area contributed by atoms with Crippen LogP contribution >= 0.6 is 0 Å². The molecule has 0 saturated carbocycles. The van der Waals surface area contributed by atoms with Crippen molar-refractivity contribution in [2.75, 3.05) is 18.8 Å². The summed E-state index contributed by atoms with van der Waals surface area (Å²) in [7, 11) is 0. The van der Waals surface area contributed by atoms with E-state index in [1.54, 1.807) is 0 Å². The van der Waals surface area contributed by atoms with Crippen molar-refractivity contribution in [2.24, 2.45) is 5.73 Å². The second-order valence-corrected chi connectivity index (χ2v) is 8.27. The Balaban J connectivity index is 1.87. The zero-order chi connectivity index (χ0) is 21.7. The van der Waals surface area contributed by atoms with Crippen LogP contribution in [0.25, 0.3) is 22.3 Å². The molecule has 3 aromatic rings. The first-order valence-electron chi connectivity index (χ1n) is 10.4. The third kappa shape index (κ3) is 4.76. The number of unbranched alkanes of at least 4 members (excludes halogenated alkanes) is 2. The Morgan fingerprint density at radius 1 is 1.13 bits per heavy atom. The predicted molar refractivity (Wildman–Crippen MR) is 120 cm³/mol. The van der Waals surface area contributed by atoms with E-state index < -0.39 is 5.54 Å². The summed E-state index contributed by atoms with van der Waals surface area (Å²) in [4.78, 5) is 20.9. The molecule has 5 N–H and O–H groups in total. The van der Waals surface area contributed by atoms with Gasteiger partial charge in [-0.3, -0.25) is 4.79 Å². The molecule has 2 aromatic heterocycles. The fourth-order valence-corrected chi connectivity index (χ4v) is 3.39. The van der Waals surface area contributed by atoms with Crippen LogP contribution in [0.4, 0.5) is 5.82 Å². The first-order valence-corrected chi connectivity index (χ1v) is 10.4. The van der Waals surface area contributed by atoms with Crippen LogP contribution < -0.4 is 16.8 Å². The highest BCUT2D eigenvalue weighted by Gasteiger charge is 2.28. The van der Waals surface area contributed by atoms with Crippen LogP contribution in [0.3, 0.4) is 0 Å². The smallest absolute Gasteiger partial charge is 0.220 e. The summed E-state index contributed by atoms with van der Waals surface area (Å²) < 4.78 is 1.84. The molecule has 0 aliphatic rings. The highest BCUT2D eigenvalue weighted by molar-refractivity contribution is 5.98. The SMILES string of the molecule is Cc1ccc(-c2nn(C(C)(C)CNC(=O)CCCCCN)c3ncnc(N)c23)cc1. The molecule has 0 unspecified atom stereocenters. The van der Waals surface area contributed by atoms with Gasteiger partial charge in [0.25, 0.3) is 0 Å². The van der Waals surface area contributed by atoms with E-state index in [9.17, 15) is 4.79 Å². The molecule has 3 rings (SSSR count). The molecular weight excluding hydrogens is 378 g/mol. The van der Waals surface area contributed by atoms with Crippen LogP contribution in [0.1, 0.15) is 45.1 Å². The molecule has 1 aromatic carbocycles. The van der Waals surface area contributed by atoms with E-state index in [2.05, 4.69) is 15.3 Å². The number of nitrogen functional groups attached to an aromatic ring is 1. The number of aromatic nitrogens is 4. The molecule has 0 bridgehead atoms. The molecule has 0 radical (unpaired) electrons. The van der Waals surface area contributed by atoms with Gasteiger partial charge in [0, 0.05) is 18.5 Å². The Hall–Kier alpha value is -3.00. The Morgan fingerprint density at radius 3 is 2.57 bits per heavy atom. The van der Waals surface area contributed by atoms with E-state index in [0.29, 0.717) is 31.0 Å². The molecule has 0 aliphatic heterocycles. The van der Waals surface area contributed by atoms with E-state index in [0.717, 1.165) is 35.9 Å². The molecule has 1 amide bonds. The van der Waals surface area contributed by atoms with Gasteiger partial charge >= 0.3 is 0 Å². The number of fused-ring (bicyclic) bond motifs is 1. The first-order chi connectivity index (χ1) is 14.3. The number of carbonyl (C=O) groups is 1. The van der Waals surface area contributed by atoms with Gasteiger partial charge in [-0.2, -0.15) is 5.10 Å². The van der Waals surface area contributed by atoms with Crippen molar-refractivity contribution in [3.63, 3.8) is 0 Å². The van der Waals surface area contributed by atoms with Gasteiger partial charge in [0.2, 0.25) is 5.91 Å². The normalized spacial score (nSPS) is 11.7. The Morgan fingerprint density at radius 2 is 1.87 bits per heavy atom. The van der Waals surface area contributed by atoms with Crippen molar-refractivity contribution in [1.29, 1.82) is 0 Å². The average molecular weight is 410 g/mol. The largest absolute Gasteiger partial charge is 0.383 e. The summed E-state index contributed by atoms with van der Waals surface area (Å²) in [6, 6.07) is 8.11. The summed E-state index contributed by atoms with van der Waals surface area (Å²) in [6.07, 6.45) is 4.70. The van der Waals surface area contributed by atoms with Gasteiger partial charge in [-0.05, 0) is 40.2 Å². The lowest BCUT2D eigenvalue weighted by Gasteiger charge is -2.26. The van der Waals surface area contributed by atoms with Gasteiger partial charge < -0.3 is 16.8 Å². The number of amides is 1. The molecule has 0 fully saturated rings. The van der Waals surface area contributed by atoms with Crippen LogP contribution in [-0.4, -0.2) is 38.7 Å². The maximum absolute atomic E-state index is 12.2. The molecular formula is C22H31N7O. The van der Waals surface area contributed by atoms with Crippen LogP contribution in [0.15, 0.2) is 30.6 Å². The second-order valence-electron chi connectivity index (χ2n) is 8.27. The van der Waals surface area contributed by atoms with E-state index in [1.165, 1.54) is 11.9 Å². The van der Waals surface area contributed by atoms with Crippen molar-refractivity contribution >= 4 is 22.8 Å². The molecule has 8 heteroatoms. The number of hydrogen-bond donors (Lipinski definition) is 3. The maximum Gasteiger partial charge on any atom is 0.220 e. The zero-order valence-corrected chi connectivity index (χ0v) is 18.0. The van der Waals surface area contributed by atoms with Crippen LogP contribution in [0, 0.1) is 6.92 Å². The number of anilines is 1. The van der Waals surface area contributed by atoms with Crippen molar-refractivity contribution in [3.8, 4) is 11.3 Å². The number of aryl methyl sites for hydroxylation is 1. The van der Waals surface area contributed by atoms with Crippen molar-refractivity contribution in [3.05, 3.63) is 36.2 Å². The monoisotopic (exact) mass is 409 g/mol. The number of nitrogens with zero attached hydrogens (tertiary/aromatic N) is 4. The van der Waals surface area contributed by atoms with Gasteiger partial charge in [0.1, 0.15) is 17.8 Å². The van der Waals surface area contributed by atoms with E-state index in [-0.39, 0.29) is 5.91 Å². The third-order valence-electron chi connectivity index (χ3n) is 5.22. The van der Waals surface area contributed by atoms with Gasteiger partial charge in [0.15, 0.2) is 5.65 Å².